The molecule has 92 valence electrons. The average Bonchev–Trinajstić information content (AvgIpc) is 2.59. The molecule has 0 amide bonds. The summed E-state index contributed by atoms with van der Waals surface area (Å²) in [6, 6.07) is 9.50. The zero-order valence-corrected chi connectivity index (χ0v) is 11.2. The monoisotopic (exact) mass is 292 g/mol. The highest BCUT2D eigenvalue weighted by Gasteiger charge is 2.47. The molecule has 17 heavy (non-hydrogen) atoms. The van der Waals surface area contributed by atoms with Crippen LogP contribution in [0.15, 0.2) is 35.7 Å². The molecule has 1 atom stereocenters. The third-order valence-corrected chi connectivity index (χ3v) is 5.23. The third kappa shape index (κ3) is 3.62. The van der Waals surface area contributed by atoms with Crippen molar-refractivity contribution in [1.82, 2.24) is 0 Å². The van der Waals surface area contributed by atoms with Crippen LogP contribution in [0.3, 0.4) is 0 Å². The Morgan fingerprint density at radius 3 is 2.41 bits per heavy atom. The summed E-state index contributed by atoms with van der Waals surface area (Å²) in [6.45, 7) is 1.55. The molecule has 1 aliphatic heterocycles. The highest BCUT2D eigenvalue weighted by Crippen LogP contribution is 2.54. The lowest BCUT2D eigenvalue weighted by molar-refractivity contribution is -1.92. The van der Waals surface area contributed by atoms with E-state index >= 15 is 0 Å². The fourth-order valence-corrected chi connectivity index (χ4v) is 4.47. The number of halogens is 1. The van der Waals surface area contributed by atoms with Crippen LogP contribution in [0.1, 0.15) is 12.5 Å². The smallest absolute Gasteiger partial charge is 0.183 e. The van der Waals surface area contributed by atoms with Gasteiger partial charge in [0.25, 0.3) is 0 Å². The lowest BCUT2D eigenvalue weighted by Gasteiger charge is -2.21. The molecule has 0 spiro atoms. The van der Waals surface area contributed by atoms with Crippen molar-refractivity contribution < 1.29 is 28.5 Å². The van der Waals surface area contributed by atoms with E-state index < -0.39 is 14.5 Å². The van der Waals surface area contributed by atoms with E-state index in [4.69, 9.17) is 0 Å². The summed E-state index contributed by atoms with van der Waals surface area (Å²) in [7, 11) is -4.42. The van der Waals surface area contributed by atoms with E-state index in [0.717, 1.165) is 10.5 Å². The highest BCUT2D eigenvalue weighted by atomic mass is 35.7. The van der Waals surface area contributed by atoms with Gasteiger partial charge in [-0.15, -0.1) is 0 Å². The van der Waals surface area contributed by atoms with Crippen LogP contribution in [-0.2, 0) is 4.29 Å². The number of rotatable bonds is 3. The van der Waals surface area contributed by atoms with Crippen molar-refractivity contribution in [2.75, 3.05) is 0 Å². The van der Waals surface area contributed by atoms with Gasteiger partial charge in [-0.3, -0.25) is 0 Å². The first-order valence-corrected chi connectivity index (χ1v) is 7.55. The van der Waals surface area contributed by atoms with Crippen LogP contribution >= 0.6 is 23.5 Å². The molecule has 0 fully saturated rings. The Hall–Kier alpha value is -0.210. The maximum Gasteiger partial charge on any atom is 0.320 e. The lowest BCUT2D eigenvalue weighted by Crippen LogP contribution is -2.63. The largest absolute Gasteiger partial charge is 0.320 e. The van der Waals surface area contributed by atoms with Gasteiger partial charge in [-0.1, -0.05) is 53.9 Å². The SMILES string of the molecule is CC1(O[Cl+3]([O-])([O-])[O-])SC=C(c2ccccc2)S1. The fourth-order valence-electron chi connectivity index (χ4n) is 1.34. The second-order valence-corrected chi connectivity index (χ2v) is 7.23. The molecule has 2 rings (SSSR count). The lowest BCUT2D eigenvalue weighted by atomic mass is 10.2. The van der Waals surface area contributed by atoms with Gasteiger partial charge in [-0.2, -0.15) is 14.0 Å². The Labute approximate surface area is 109 Å². The molecular weight excluding hydrogens is 284 g/mol. The molecule has 4 nitrogen and oxygen atoms in total. The van der Waals surface area contributed by atoms with E-state index in [1.807, 2.05) is 30.3 Å². The summed E-state index contributed by atoms with van der Waals surface area (Å²) in [6.07, 6.45) is 0. The van der Waals surface area contributed by atoms with Crippen LogP contribution in [0.5, 0.6) is 0 Å². The van der Waals surface area contributed by atoms with E-state index in [-0.39, 0.29) is 0 Å². The summed E-state index contributed by atoms with van der Waals surface area (Å²) in [5.74, 6) is 0. The van der Waals surface area contributed by atoms with Crippen LogP contribution < -0.4 is 14.0 Å². The zero-order chi connectivity index (χ0) is 12.5. The van der Waals surface area contributed by atoms with Gasteiger partial charge in [-0.25, -0.2) is 0 Å². The molecule has 0 saturated heterocycles. The molecular formula is C10H9ClO4S2. The molecule has 0 saturated carbocycles. The van der Waals surface area contributed by atoms with Crippen molar-refractivity contribution in [3.05, 3.63) is 41.3 Å². The second kappa shape index (κ2) is 4.81. The Balaban J connectivity index is 2.08. The number of hydrogen-bond donors (Lipinski definition) is 0. The van der Waals surface area contributed by atoms with Crippen molar-refractivity contribution in [2.24, 2.45) is 0 Å². The first-order chi connectivity index (χ1) is 7.88. The van der Waals surface area contributed by atoms with Crippen molar-refractivity contribution in [3.63, 3.8) is 0 Å². The Bertz CT molecular complexity index is 432. The van der Waals surface area contributed by atoms with Crippen molar-refractivity contribution >= 4 is 28.4 Å². The highest BCUT2D eigenvalue weighted by molar-refractivity contribution is 8.27. The van der Waals surface area contributed by atoms with Gasteiger partial charge in [-0.05, 0) is 11.0 Å². The van der Waals surface area contributed by atoms with Crippen LogP contribution in [0, 0.1) is 10.2 Å². The summed E-state index contributed by atoms with van der Waals surface area (Å²) in [5, 5.41) is 1.79. The zero-order valence-electron chi connectivity index (χ0n) is 8.79. The van der Waals surface area contributed by atoms with Gasteiger partial charge in [0.15, 0.2) is 0 Å². The van der Waals surface area contributed by atoms with Gasteiger partial charge in [0.05, 0.1) is 14.5 Å². The van der Waals surface area contributed by atoms with Gasteiger partial charge in [0.1, 0.15) is 0 Å². The molecule has 1 aromatic carbocycles. The van der Waals surface area contributed by atoms with Crippen LogP contribution in [-0.4, -0.2) is 4.27 Å². The van der Waals surface area contributed by atoms with E-state index in [2.05, 4.69) is 4.29 Å². The summed E-state index contributed by atoms with van der Waals surface area (Å²) >= 11 is 2.38. The Morgan fingerprint density at radius 2 is 1.82 bits per heavy atom. The summed E-state index contributed by atoms with van der Waals surface area (Å²) in [4.78, 5) is 0.886. The molecule has 1 heterocycles. The molecule has 1 unspecified atom stereocenters. The van der Waals surface area contributed by atoms with Crippen LogP contribution in [0.2, 0.25) is 0 Å². The predicted octanol–water partition coefficient (Wildman–Crippen LogP) is 0.0526. The normalized spacial score (nSPS) is 24.8. The summed E-state index contributed by atoms with van der Waals surface area (Å²) in [5.41, 5.74) is 0.970. The van der Waals surface area contributed by atoms with Crippen LogP contribution in [0.25, 0.3) is 4.91 Å². The number of thioether (sulfide) groups is 2. The summed E-state index contributed by atoms with van der Waals surface area (Å²) < 4.78 is 35.1. The molecule has 1 aliphatic rings. The first kappa shape index (κ1) is 13.2. The maximum atomic E-state index is 10.6. The molecule has 1 aromatic rings. The quantitative estimate of drug-likeness (QED) is 0.783. The van der Waals surface area contributed by atoms with Gasteiger partial charge >= 0.3 is 4.27 Å². The third-order valence-electron chi connectivity index (χ3n) is 1.97. The minimum atomic E-state index is -4.42. The first-order valence-electron chi connectivity index (χ1n) is 4.62. The topological polar surface area (TPSA) is 78.4 Å². The van der Waals surface area contributed by atoms with E-state index in [1.54, 1.807) is 12.3 Å². The average molecular weight is 293 g/mol. The predicted molar refractivity (Wildman–Crippen MR) is 59.1 cm³/mol. The van der Waals surface area contributed by atoms with Gasteiger partial charge in [0.2, 0.25) is 0 Å². The molecule has 0 N–H and O–H groups in total. The van der Waals surface area contributed by atoms with Crippen LogP contribution in [0.4, 0.5) is 0 Å². The molecule has 7 heteroatoms. The second-order valence-electron chi connectivity index (χ2n) is 3.39. The minimum absolute atomic E-state index is 0.886. The van der Waals surface area contributed by atoms with E-state index in [0.29, 0.717) is 0 Å². The number of benzene rings is 1. The number of hydrogen-bond acceptors (Lipinski definition) is 6. The van der Waals surface area contributed by atoms with Gasteiger partial charge < -0.3 is 0 Å². The van der Waals surface area contributed by atoms with Crippen molar-refractivity contribution in [2.45, 2.75) is 11.2 Å². The van der Waals surface area contributed by atoms with Crippen molar-refractivity contribution in [3.8, 4) is 0 Å². The van der Waals surface area contributed by atoms with Crippen molar-refractivity contribution in [1.29, 1.82) is 0 Å². The fraction of sp³-hybridized carbons (Fsp3) is 0.200. The Kier molecular flexibility index (Phi) is 3.74. The molecule has 0 aromatic heterocycles. The Morgan fingerprint density at radius 1 is 1.18 bits per heavy atom. The molecule has 0 bridgehead atoms. The standard InChI is InChI=1S/C10H9ClO4S2/c1-10(15-11(12,13)14)16-7-9(17-10)8-5-3-2-4-6-8/h2-7H,1H3. The maximum absolute atomic E-state index is 10.6. The van der Waals surface area contributed by atoms with Gasteiger partial charge in [0, 0.05) is 11.8 Å². The minimum Gasteiger partial charge on any atom is -0.183 e. The van der Waals surface area contributed by atoms with E-state index in [1.165, 1.54) is 23.5 Å². The molecule has 0 aliphatic carbocycles. The van der Waals surface area contributed by atoms with E-state index in [9.17, 15) is 14.0 Å². The molecule has 0 radical (unpaired) electrons.